The molecule has 120 valence electrons. The third-order valence-corrected chi connectivity index (χ3v) is 5.70. The first-order valence-corrected chi connectivity index (χ1v) is 9.14. The van der Waals surface area contributed by atoms with E-state index in [0.717, 1.165) is 44.5 Å². The van der Waals surface area contributed by atoms with E-state index in [4.69, 9.17) is 5.73 Å². The average molecular weight is 314 g/mol. The molecule has 0 atom stereocenters. The van der Waals surface area contributed by atoms with E-state index in [1.165, 1.54) is 0 Å². The Morgan fingerprint density at radius 1 is 1.43 bits per heavy atom. The van der Waals surface area contributed by atoms with Gasteiger partial charge < -0.3 is 10.3 Å². The summed E-state index contributed by atoms with van der Waals surface area (Å²) in [5, 5.41) is 0.110. The first kappa shape index (κ1) is 16.5. The largest absolute Gasteiger partial charge is 0.334 e. The van der Waals surface area contributed by atoms with Gasteiger partial charge in [0.15, 0.2) is 5.03 Å². The fourth-order valence-electron chi connectivity index (χ4n) is 2.98. The van der Waals surface area contributed by atoms with Crippen molar-refractivity contribution in [3.63, 3.8) is 0 Å². The van der Waals surface area contributed by atoms with Crippen LogP contribution in [0.5, 0.6) is 0 Å². The number of nitrogens with zero attached hydrogens (tertiary/aromatic N) is 2. The van der Waals surface area contributed by atoms with Gasteiger partial charge >= 0.3 is 0 Å². The van der Waals surface area contributed by atoms with Crippen LogP contribution < -0.4 is 10.5 Å². The maximum absolute atomic E-state index is 12.4. The van der Waals surface area contributed by atoms with Gasteiger partial charge in [-0.15, -0.1) is 0 Å². The van der Waals surface area contributed by atoms with E-state index in [-0.39, 0.29) is 10.4 Å². The Bertz CT molecular complexity index is 574. The Morgan fingerprint density at radius 2 is 2.10 bits per heavy atom. The summed E-state index contributed by atoms with van der Waals surface area (Å²) in [4.78, 5) is 4.18. The summed E-state index contributed by atoms with van der Waals surface area (Å²) in [7, 11) is -3.55. The van der Waals surface area contributed by atoms with Crippen LogP contribution in [0.15, 0.2) is 11.2 Å². The van der Waals surface area contributed by atoms with Gasteiger partial charge in [0, 0.05) is 19.3 Å². The van der Waals surface area contributed by atoms with Crippen LogP contribution in [0.1, 0.15) is 44.9 Å². The summed E-state index contributed by atoms with van der Waals surface area (Å²) in [5.41, 5.74) is 5.77. The van der Waals surface area contributed by atoms with E-state index in [1.54, 1.807) is 6.20 Å². The minimum Gasteiger partial charge on any atom is -0.334 e. The van der Waals surface area contributed by atoms with Gasteiger partial charge in [-0.25, -0.2) is 18.1 Å². The van der Waals surface area contributed by atoms with Gasteiger partial charge in [-0.05, 0) is 38.1 Å². The summed E-state index contributed by atoms with van der Waals surface area (Å²) in [6.07, 6.45) is 6.81. The first-order valence-electron chi connectivity index (χ1n) is 7.66. The highest BCUT2D eigenvalue weighted by molar-refractivity contribution is 7.89. The predicted octanol–water partition coefficient (Wildman–Crippen LogP) is 1.40. The minimum absolute atomic E-state index is 0.0753. The summed E-state index contributed by atoms with van der Waals surface area (Å²) in [6.45, 7) is 5.59. The van der Waals surface area contributed by atoms with Crippen LogP contribution >= 0.6 is 0 Å². The van der Waals surface area contributed by atoms with E-state index in [9.17, 15) is 8.42 Å². The Labute approximate surface area is 127 Å². The Kier molecular flexibility index (Phi) is 5.06. The molecule has 1 aromatic rings. The standard InChI is InChI=1S/C14H26N4O2S/c1-3-8-18-9-13(17-12(18)2)21(19,20)16-11-14(10-15)6-4-5-7-14/h9,16H,3-8,10-11,15H2,1-2H3. The molecule has 0 saturated heterocycles. The molecule has 1 aliphatic rings. The summed E-state index contributed by atoms with van der Waals surface area (Å²) >= 11 is 0. The highest BCUT2D eigenvalue weighted by atomic mass is 32.2. The van der Waals surface area contributed by atoms with Gasteiger partial charge in [-0.3, -0.25) is 0 Å². The van der Waals surface area contributed by atoms with E-state index in [1.807, 2.05) is 11.5 Å². The number of hydrogen-bond donors (Lipinski definition) is 2. The molecule has 0 aromatic carbocycles. The molecular formula is C14H26N4O2S. The molecule has 2 rings (SSSR count). The maximum Gasteiger partial charge on any atom is 0.259 e. The van der Waals surface area contributed by atoms with Crippen LogP contribution in [0.25, 0.3) is 0 Å². The topological polar surface area (TPSA) is 90.0 Å². The zero-order chi connectivity index (χ0) is 15.5. The van der Waals surface area contributed by atoms with Crippen LogP contribution in [0.4, 0.5) is 0 Å². The van der Waals surface area contributed by atoms with Crippen LogP contribution in [-0.2, 0) is 16.6 Å². The summed E-state index contributed by atoms with van der Waals surface area (Å²) in [5.74, 6) is 0.728. The van der Waals surface area contributed by atoms with Crippen molar-refractivity contribution in [2.24, 2.45) is 11.1 Å². The average Bonchev–Trinajstić information content (AvgIpc) is 3.06. The zero-order valence-electron chi connectivity index (χ0n) is 12.9. The third kappa shape index (κ3) is 3.64. The normalized spacial score (nSPS) is 18.2. The molecule has 6 nitrogen and oxygen atoms in total. The molecule has 1 fully saturated rings. The molecular weight excluding hydrogens is 288 g/mol. The summed E-state index contributed by atoms with van der Waals surface area (Å²) in [6, 6.07) is 0. The van der Waals surface area contributed by atoms with Crippen LogP contribution in [-0.4, -0.2) is 31.1 Å². The lowest BCUT2D eigenvalue weighted by atomic mass is 9.87. The van der Waals surface area contributed by atoms with Gasteiger partial charge in [0.25, 0.3) is 10.0 Å². The molecule has 0 radical (unpaired) electrons. The van der Waals surface area contributed by atoms with Crippen LogP contribution in [0.2, 0.25) is 0 Å². The van der Waals surface area contributed by atoms with Crippen LogP contribution in [0.3, 0.4) is 0 Å². The number of sulfonamides is 1. The first-order chi connectivity index (χ1) is 9.92. The highest BCUT2D eigenvalue weighted by Crippen LogP contribution is 2.36. The molecule has 0 spiro atoms. The fourth-order valence-corrected chi connectivity index (χ4v) is 4.14. The second-order valence-corrected chi connectivity index (χ2v) is 7.77. The number of rotatable bonds is 7. The molecule has 1 aliphatic carbocycles. The molecule has 1 aromatic heterocycles. The highest BCUT2D eigenvalue weighted by Gasteiger charge is 2.34. The second kappa shape index (κ2) is 6.46. The van der Waals surface area contributed by atoms with Crippen molar-refractivity contribution in [3.05, 3.63) is 12.0 Å². The quantitative estimate of drug-likeness (QED) is 0.796. The molecule has 1 heterocycles. The van der Waals surface area contributed by atoms with Gasteiger partial charge in [-0.2, -0.15) is 0 Å². The number of nitrogens with two attached hydrogens (primary N) is 1. The van der Waals surface area contributed by atoms with Gasteiger partial charge in [0.05, 0.1) is 0 Å². The summed E-state index contributed by atoms with van der Waals surface area (Å²) < 4.78 is 29.4. The molecule has 21 heavy (non-hydrogen) atoms. The lowest BCUT2D eigenvalue weighted by molar-refractivity contribution is 0.309. The third-order valence-electron chi connectivity index (χ3n) is 4.43. The van der Waals surface area contributed by atoms with E-state index >= 15 is 0 Å². The van der Waals surface area contributed by atoms with E-state index < -0.39 is 10.0 Å². The van der Waals surface area contributed by atoms with Crippen molar-refractivity contribution < 1.29 is 8.42 Å². The number of hydrogen-bond acceptors (Lipinski definition) is 4. The number of aromatic nitrogens is 2. The molecule has 0 bridgehead atoms. The van der Waals surface area contributed by atoms with Crippen molar-refractivity contribution in [1.29, 1.82) is 0 Å². The fraction of sp³-hybridized carbons (Fsp3) is 0.786. The van der Waals surface area contributed by atoms with Crippen molar-refractivity contribution >= 4 is 10.0 Å². The molecule has 0 amide bonds. The smallest absolute Gasteiger partial charge is 0.259 e. The number of nitrogens with one attached hydrogen (secondary N) is 1. The van der Waals surface area contributed by atoms with Gasteiger partial charge in [0.1, 0.15) is 5.82 Å². The van der Waals surface area contributed by atoms with Crippen molar-refractivity contribution in [3.8, 4) is 0 Å². The predicted molar refractivity (Wildman–Crippen MR) is 82.4 cm³/mol. The maximum atomic E-state index is 12.4. The van der Waals surface area contributed by atoms with E-state index in [0.29, 0.717) is 13.1 Å². The Hall–Kier alpha value is -0.920. The zero-order valence-corrected chi connectivity index (χ0v) is 13.7. The van der Waals surface area contributed by atoms with E-state index in [2.05, 4.69) is 16.6 Å². The Balaban J connectivity index is 2.09. The molecule has 1 saturated carbocycles. The van der Waals surface area contributed by atoms with Crippen molar-refractivity contribution in [2.75, 3.05) is 13.1 Å². The lowest BCUT2D eigenvalue weighted by Gasteiger charge is -2.26. The second-order valence-electron chi connectivity index (χ2n) is 6.06. The molecule has 3 N–H and O–H groups in total. The minimum atomic E-state index is -3.55. The molecule has 0 unspecified atom stereocenters. The number of imidazole rings is 1. The van der Waals surface area contributed by atoms with Gasteiger partial charge in [0.2, 0.25) is 0 Å². The van der Waals surface area contributed by atoms with Crippen molar-refractivity contribution in [1.82, 2.24) is 14.3 Å². The van der Waals surface area contributed by atoms with Crippen LogP contribution in [0, 0.1) is 12.3 Å². The Morgan fingerprint density at radius 3 is 2.67 bits per heavy atom. The lowest BCUT2D eigenvalue weighted by Crippen LogP contribution is -2.40. The SMILES string of the molecule is CCCn1cc(S(=O)(=O)NCC2(CN)CCCC2)nc1C. The monoisotopic (exact) mass is 314 g/mol. The van der Waals surface area contributed by atoms with Crippen molar-refractivity contribution in [2.45, 2.75) is 57.5 Å². The molecule has 0 aliphatic heterocycles. The molecule has 7 heteroatoms. The number of aryl methyl sites for hydroxylation is 2. The van der Waals surface area contributed by atoms with Gasteiger partial charge in [-0.1, -0.05) is 19.8 Å².